The number of unbranched alkanes of at least 4 members (excludes halogenated alkanes) is 3. The van der Waals surface area contributed by atoms with Crippen LogP contribution in [0.5, 0.6) is 11.5 Å². The molecule has 0 aliphatic heterocycles. The largest absolute Gasteiger partial charge is 0.507 e. The second-order valence-corrected chi connectivity index (χ2v) is 12.5. The molecule has 0 heterocycles. The molecule has 1 aromatic carbocycles. The second-order valence-electron chi connectivity index (χ2n) is 12.5. The Hall–Kier alpha value is -1.97. The normalized spacial score (nSPS) is 24.2. The highest BCUT2D eigenvalue weighted by atomic mass is 16.4. The number of carbonyl (C=O) groups is 1. The molecule has 4 rings (SSSR count). The summed E-state index contributed by atoms with van der Waals surface area (Å²) in [5.41, 5.74) is 1.77. The minimum Gasteiger partial charge on any atom is -0.507 e. The van der Waals surface area contributed by atoms with E-state index >= 15 is 0 Å². The number of allylic oxidation sites excluding steroid dienone is 2. The topological polar surface area (TPSA) is 77.8 Å². The third-order valence-corrected chi connectivity index (χ3v) is 8.75. The van der Waals surface area contributed by atoms with E-state index in [2.05, 4.69) is 40.7 Å². The van der Waals surface area contributed by atoms with Gasteiger partial charge in [-0.3, -0.25) is 4.79 Å². The van der Waals surface area contributed by atoms with Crippen LogP contribution >= 0.6 is 0 Å². The van der Waals surface area contributed by atoms with E-state index in [0.717, 1.165) is 30.4 Å². The van der Waals surface area contributed by atoms with Crippen LogP contribution in [0.2, 0.25) is 0 Å². The van der Waals surface area contributed by atoms with Crippen molar-refractivity contribution in [2.45, 2.75) is 105 Å². The average Bonchev–Trinajstić information content (AvgIpc) is 2.69. The molecule has 3 unspecified atom stereocenters. The first-order valence-electron chi connectivity index (χ1n) is 12.7. The first-order chi connectivity index (χ1) is 15.2. The van der Waals surface area contributed by atoms with E-state index in [-0.39, 0.29) is 28.2 Å². The van der Waals surface area contributed by atoms with Crippen LogP contribution in [-0.2, 0) is 10.2 Å². The van der Waals surface area contributed by atoms with Gasteiger partial charge in [0.05, 0.1) is 5.41 Å². The molecule has 0 aromatic heterocycles. The van der Waals surface area contributed by atoms with Crippen molar-refractivity contribution < 1.29 is 20.1 Å². The summed E-state index contributed by atoms with van der Waals surface area (Å²) < 4.78 is 0. The molecule has 1 saturated carbocycles. The van der Waals surface area contributed by atoms with Gasteiger partial charge in [0, 0.05) is 11.5 Å². The Balaban J connectivity index is 1.93. The summed E-state index contributed by atoms with van der Waals surface area (Å²) in [5, 5.41) is 31.9. The summed E-state index contributed by atoms with van der Waals surface area (Å²) in [6.45, 7) is 14.6. The molecule has 3 aliphatic rings. The van der Waals surface area contributed by atoms with Crippen molar-refractivity contribution in [3.8, 4) is 11.5 Å². The number of rotatable bonds is 10. The molecule has 3 aliphatic carbocycles. The van der Waals surface area contributed by atoms with Crippen molar-refractivity contribution in [1.29, 1.82) is 0 Å². The summed E-state index contributed by atoms with van der Waals surface area (Å²) in [4.78, 5) is 11.8. The highest BCUT2D eigenvalue weighted by Gasteiger charge is 2.56. The molecule has 3 N–H and O–H groups in total. The predicted molar refractivity (Wildman–Crippen MR) is 134 cm³/mol. The minimum atomic E-state index is -0.843. The van der Waals surface area contributed by atoms with Gasteiger partial charge in [-0.05, 0) is 73.5 Å². The quantitative estimate of drug-likeness (QED) is 0.251. The molecule has 4 heteroatoms. The molecule has 1 aromatic rings. The van der Waals surface area contributed by atoms with E-state index in [9.17, 15) is 20.1 Å². The van der Waals surface area contributed by atoms with Gasteiger partial charge in [0.15, 0.2) is 0 Å². The van der Waals surface area contributed by atoms with Crippen LogP contribution in [0.3, 0.4) is 0 Å². The molecule has 1 fully saturated rings. The maximum atomic E-state index is 11.8. The molecule has 2 bridgehead atoms. The number of phenolic OH excluding ortho intramolecular Hbond substituents is 2. The Labute approximate surface area is 200 Å². The highest BCUT2D eigenvalue weighted by Crippen LogP contribution is 2.66. The van der Waals surface area contributed by atoms with E-state index in [1.807, 2.05) is 12.1 Å². The van der Waals surface area contributed by atoms with Gasteiger partial charge in [0.2, 0.25) is 0 Å². The van der Waals surface area contributed by atoms with Crippen LogP contribution in [0, 0.1) is 22.7 Å². The number of carboxylic acids is 1. The van der Waals surface area contributed by atoms with Crippen molar-refractivity contribution in [3.05, 3.63) is 34.9 Å². The Bertz CT molecular complexity index is 899. The molecule has 184 valence electrons. The van der Waals surface area contributed by atoms with Crippen LogP contribution < -0.4 is 0 Å². The van der Waals surface area contributed by atoms with Crippen LogP contribution in [0.1, 0.15) is 110 Å². The monoisotopic (exact) mass is 456 g/mol. The maximum absolute atomic E-state index is 11.8. The van der Waals surface area contributed by atoms with Crippen LogP contribution in [0.15, 0.2) is 23.8 Å². The molecule has 0 radical (unpaired) electrons. The van der Waals surface area contributed by atoms with Gasteiger partial charge in [-0.25, -0.2) is 0 Å². The third kappa shape index (κ3) is 4.81. The second kappa shape index (κ2) is 9.00. The van der Waals surface area contributed by atoms with Crippen molar-refractivity contribution >= 4 is 5.97 Å². The fourth-order valence-corrected chi connectivity index (χ4v) is 6.21. The minimum absolute atomic E-state index is 0.0133. The molecule has 0 saturated heterocycles. The Kier molecular flexibility index (Phi) is 6.99. The fraction of sp³-hybridized carbons (Fsp3) is 0.690. The first-order valence-corrected chi connectivity index (χ1v) is 12.7. The molecule has 3 atom stereocenters. The van der Waals surface area contributed by atoms with Crippen LogP contribution in [0.25, 0.3) is 0 Å². The number of aliphatic carboxylic acids is 1. The molecule has 0 amide bonds. The van der Waals surface area contributed by atoms with Crippen molar-refractivity contribution in [2.75, 3.05) is 0 Å². The fourth-order valence-electron chi connectivity index (χ4n) is 6.21. The zero-order chi connectivity index (χ0) is 24.8. The number of fused-ring (bicyclic) bond motifs is 1. The number of carboxylic acid groups (broad SMARTS) is 1. The Morgan fingerprint density at radius 3 is 2.18 bits per heavy atom. The van der Waals surface area contributed by atoms with Gasteiger partial charge >= 0.3 is 5.97 Å². The smallest absolute Gasteiger partial charge is 0.309 e. The number of phenols is 2. The number of aromatic hydroxyl groups is 2. The SMILES string of the molecule is CCCCCCC(C)(C)c1cc(O)c(C2C=C(CC(C)(C)C(=O)O)C3CC2C3(C)C)c(O)c1. The summed E-state index contributed by atoms with van der Waals surface area (Å²) in [5.74, 6) is 0.102. The lowest BCUT2D eigenvalue weighted by molar-refractivity contribution is -0.147. The zero-order valence-corrected chi connectivity index (χ0v) is 21.7. The summed E-state index contributed by atoms with van der Waals surface area (Å²) in [6, 6.07) is 3.70. The number of hydrogen-bond donors (Lipinski definition) is 3. The zero-order valence-electron chi connectivity index (χ0n) is 21.7. The maximum Gasteiger partial charge on any atom is 0.309 e. The van der Waals surface area contributed by atoms with Crippen molar-refractivity contribution in [3.63, 3.8) is 0 Å². The van der Waals surface area contributed by atoms with Crippen LogP contribution in [-0.4, -0.2) is 21.3 Å². The van der Waals surface area contributed by atoms with E-state index in [1.54, 1.807) is 13.8 Å². The summed E-state index contributed by atoms with van der Waals surface area (Å²) >= 11 is 0. The molecule has 4 nitrogen and oxygen atoms in total. The van der Waals surface area contributed by atoms with Crippen molar-refractivity contribution in [1.82, 2.24) is 0 Å². The molecule has 33 heavy (non-hydrogen) atoms. The van der Waals surface area contributed by atoms with Gasteiger partial charge in [-0.1, -0.05) is 72.0 Å². The molecular weight excluding hydrogens is 412 g/mol. The first kappa shape index (κ1) is 25.6. The number of benzene rings is 1. The summed E-state index contributed by atoms with van der Waals surface area (Å²) in [6.07, 6.45) is 9.41. The summed E-state index contributed by atoms with van der Waals surface area (Å²) in [7, 11) is 0. The van der Waals surface area contributed by atoms with Crippen LogP contribution in [0.4, 0.5) is 0 Å². The average molecular weight is 457 g/mol. The lowest BCUT2D eigenvalue weighted by Gasteiger charge is -2.60. The van der Waals surface area contributed by atoms with Gasteiger partial charge in [0.1, 0.15) is 11.5 Å². The lowest BCUT2D eigenvalue weighted by Crippen LogP contribution is -2.52. The number of hydrogen-bond acceptors (Lipinski definition) is 3. The van der Waals surface area contributed by atoms with Gasteiger partial charge in [-0.15, -0.1) is 0 Å². The third-order valence-electron chi connectivity index (χ3n) is 8.75. The van der Waals surface area contributed by atoms with Gasteiger partial charge in [-0.2, -0.15) is 0 Å². The Morgan fingerprint density at radius 1 is 1.06 bits per heavy atom. The van der Waals surface area contributed by atoms with E-state index < -0.39 is 11.4 Å². The Morgan fingerprint density at radius 2 is 1.67 bits per heavy atom. The predicted octanol–water partition coefficient (Wildman–Crippen LogP) is 7.53. The molecular formula is C29H44O4. The van der Waals surface area contributed by atoms with Crippen molar-refractivity contribution in [2.24, 2.45) is 22.7 Å². The lowest BCUT2D eigenvalue weighted by atomic mass is 9.44. The van der Waals surface area contributed by atoms with Gasteiger partial charge in [0.25, 0.3) is 0 Å². The van der Waals surface area contributed by atoms with Gasteiger partial charge < -0.3 is 15.3 Å². The van der Waals surface area contributed by atoms with E-state index in [1.165, 1.54) is 19.3 Å². The van der Waals surface area contributed by atoms with E-state index in [0.29, 0.717) is 23.8 Å². The van der Waals surface area contributed by atoms with E-state index in [4.69, 9.17) is 0 Å². The molecule has 0 spiro atoms. The highest BCUT2D eigenvalue weighted by molar-refractivity contribution is 5.74. The standard InChI is InChI=1S/C29H44O4/c1-8-9-10-11-12-27(2,3)19-14-23(30)25(24(31)15-19)20-13-18(17-28(4,5)26(32)33)21-16-22(20)29(21,6)7/h13-15,20-22,30-31H,8-12,16-17H2,1-7H3,(H,32,33).